The quantitative estimate of drug-likeness (QED) is 0.893. The van der Waals surface area contributed by atoms with Crippen LogP contribution in [-0.4, -0.2) is 61.6 Å². The molecule has 6 heteroatoms. The molecule has 0 saturated carbocycles. The Morgan fingerprint density at radius 1 is 1.22 bits per heavy atom. The number of amides is 2. The molecule has 0 bridgehead atoms. The minimum absolute atomic E-state index is 0.0279. The summed E-state index contributed by atoms with van der Waals surface area (Å²) in [4.78, 5) is 27.3. The number of carbonyl (C=O) groups is 2. The molecule has 1 aliphatic rings. The van der Waals surface area contributed by atoms with E-state index in [-0.39, 0.29) is 18.0 Å². The van der Waals surface area contributed by atoms with Gasteiger partial charge >= 0.3 is 6.09 Å². The molecule has 2 rings (SSSR count). The predicted molar refractivity (Wildman–Crippen MR) is 87.9 cm³/mol. The van der Waals surface area contributed by atoms with Crippen molar-refractivity contribution in [2.24, 2.45) is 0 Å². The number of likely N-dealkylation sites (N-methyl/N-ethyl adjacent to an activating group) is 1. The number of benzene rings is 1. The highest BCUT2D eigenvalue weighted by Crippen LogP contribution is 2.12. The van der Waals surface area contributed by atoms with Crippen LogP contribution in [0.3, 0.4) is 0 Å². The monoisotopic (exact) mass is 319 g/mol. The fourth-order valence-corrected chi connectivity index (χ4v) is 2.58. The van der Waals surface area contributed by atoms with Crippen molar-refractivity contribution in [1.29, 1.82) is 0 Å². The van der Waals surface area contributed by atoms with E-state index < -0.39 is 0 Å². The number of carbonyl (C=O) groups excluding carboxylic acids is 2. The first-order valence-electron chi connectivity index (χ1n) is 7.94. The SMILES string of the molecule is CN(C)CC(=O)NC1CCN(C(=O)OCc2ccccc2)CC1. The maximum atomic E-state index is 12.1. The summed E-state index contributed by atoms with van der Waals surface area (Å²) in [5, 5.41) is 3.01. The summed E-state index contributed by atoms with van der Waals surface area (Å²) in [7, 11) is 3.73. The van der Waals surface area contributed by atoms with Gasteiger partial charge in [-0.05, 0) is 32.5 Å². The Bertz CT molecular complexity index is 511. The van der Waals surface area contributed by atoms with Crippen LogP contribution >= 0.6 is 0 Å². The Labute approximate surface area is 137 Å². The molecule has 0 aliphatic carbocycles. The third-order valence-corrected chi connectivity index (χ3v) is 3.78. The second-order valence-electron chi connectivity index (χ2n) is 6.11. The number of ether oxygens (including phenoxy) is 1. The van der Waals surface area contributed by atoms with Crippen molar-refractivity contribution in [2.45, 2.75) is 25.5 Å². The first-order valence-corrected chi connectivity index (χ1v) is 7.94. The van der Waals surface area contributed by atoms with E-state index in [1.165, 1.54) is 0 Å². The molecule has 0 atom stereocenters. The van der Waals surface area contributed by atoms with Crippen LogP contribution in [0.15, 0.2) is 30.3 Å². The van der Waals surface area contributed by atoms with Crippen molar-refractivity contribution >= 4 is 12.0 Å². The van der Waals surface area contributed by atoms with E-state index in [0.29, 0.717) is 26.2 Å². The lowest BCUT2D eigenvalue weighted by Crippen LogP contribution is -2.48. The van der Waals surface area contributed by atoms with Gasteiger partial charge in [-0.1, -0.05) is 30.3 Å². The van der Waals surface area contributed by atoms with Gasteiger partial charge in [-0.25, -0.2) is 4.79 Å². The zero-order valence-corrected chi connectivity index (χ0v) is 13.8. The predicted octanol–water partition coefficient (Wildman–Crippen LogP) is 1.47. The van der Waals surface area contributed by atoms with Gasteiger partial charge in [-0.15, -0.1) is 0 Å². The summed E-state index contributed by atoms with van der Waals surface area (Å²) in [6.45, 7) is 1.90. The van der Waals surface area contributed by atoms with Gasteiger partial charge < -0.3 is 19.9 Å². The summed E-state index contributed by atoms with van der Waals surface area (Å²) in [6, 6.07) is 9.77. The molecule has 1 heterocycles. The maximum Gasteiger partial charge on any atom is 0.410 e. The molecule has 0 radical (unpaired) electrons. The van der Waals surface area contributed by atoms with Crippen molar-refractivity contribution in [3.8, 4) is 0 Å². The van der Waals surface area contributed by atoms with Crippen LogP contribution in [0.4, 0.5) is 4.79 Å². The van der Waals surface area contributed by atoms with Crippen LogP contribution in [0.5, 0.6) is 0 Å². The van der Waals surface area contributed by atoms with Gasteiger partial charge in [-0.2, -0.15) is 0 Å². The van der Waals surface area contributed by atoms with Crippen LogP contribution in [0.2, 0.25) is 0 Å². The average molecular weight is 319 g/mol. The van der Waals surface area contributed by atoms with Gasteiger partial charge in [0.15, 0.2) is 0 Å². The Kier molecular flexibility index (Phi) is 6.40. The Morgan fingerprint density at radius 3 is 2.48 bits per heavy atom. The smallest absolute Gasteiger partial charge is 0.410 e. The van der Waals surface area contributed by atoms with Crippen LogP contribution in [0.1, 0.15) is 18.4 Å². The Balaban J connectivity index is 1.69. The molecule has 6 nitrogen and oxygen atoms in total. The number of nitrogens with zero attached hydrogens (tertiary/aromatic N) is 2. The normalized spacial score (nSPS) is 15.5. The molecule has 1 aromatic rings. The lowest BCUT2D eigenvalue weighted by Gasteiger charge is -2.31. The summed E-state index contributed by atoms with van der Waals surface area (Å²) in [5.74, 6) is 0.0279. The minimum Gasteiger partial charge on any atom is -0.445 e. The third-order valence-electron chi connectivity index (χ3n) is 3.78. The van der Waals surface area contributed by atoms with Crippen LogP contribution < -0.4 is 5.32 Å². The molecule has 0 aromatic heterocycles. The fourth-order valence-electron chi connectivity index (χ4n) is 2.58. The van der Waals surface area contributed by atoms with E-state index >= 15 is 0 Å². The molecule has 1 N–H and O–H groups in total. The van der Waals surface area contributed by atoms with E-state index in [1.807, 2.05) is 49.3 Å². The topological polar surface area (TPSA) is 61.9 Å². The number of hydrogen-bond donors (Lipinski definition) is 1. The number of piperidine rings is 1. The summed E-state index contributed by atoms with van der Waals surface area (Å²) in [5.41, 5.74) is 0.978. The third kappa shape index (κ3) is 5.90. The first kappa shape index (κ1) is 17.3. The van der Waals surface area contributed by atoms with Crippen LogP contribution in [-0.2, 0) is 16.1 Å². The van der Waals surface area contributed by atoms with E-state index in [2.05, 4.69) is 5.32 Å². The largest absolute Gasteiger partial charge is 0.445 e. The molecule has 1 aliphatic heterocycles. The fraction of sp³-hybridized carbons (Fsp3) is 0.529. The molecule has 2 amide bonds. The second-order valence-corrected chi connectivity index (χ2v) is 6.11. The number of rotatable bonds is 5. The molecular formula is C17H25N3O3. The van der Waals surface area contributed by atoms with Gasteiger partial charge in [0.05, 0.1) is 6.54 Å². The minimum atomic E-state index is -0.285. The Hall–Kier alpha value is -2.08. The Morgan fingerprint density at radius 2 is 1.87 bits per heavy atom. The van der Waals surface area contributed by atoms with Crippen molar-refractivity contribution in [3.05, 3.63) is 35.9 Å². The highest BCUT2D eigenvalue weighted by atomic mass is 16.6. The highest BCUT2D eigenvalue weighted by molar-refractivity contribution is 5.78. The van der Waals surface area contributed by atoms with Gasteiger partial charge in [-0.3, -0.25) is 4.79 Å². The zero-order chi connectivity index (χ0) is 16.7. The van der Waals surface area contributed by atoms with Crippen molar-refractivity contribution < 1.29 is 14.3 Å². The summed E-state index contributed by atoms with van der Waals surface area (Å²) in [6.07, 6.45) is 1.24. The van der Waals surface area contributed by atoms with Crippen LogP contribution in [0.25, 0.3) is 0 Å². The van der Waals surface area contributed by atoms with Gasteiger partial charge in [0, 0.05) is 19.1 Å². The standard InChI is InChI=1S/C17H25N3O3/c1-19(2)12-16(21)18-15-8-10-20(11-9-15)17(22)23-13-14-6-4-3-5-7-14/h3-7,15H,8-13H2,1-2H3,(H,18,21). The summed E-state index contributed by atoms with van der Waals surface area (Å²) >= 11 is 0. The average Bonchev–Trinajstić information content (AvgIpc) is 2.53. The molecular weight excluding hydrogens is 294 g/mol. The zero-order valence-electron chi connectivity index (χ0n) is 13.8. The molecule has 0 unspecified atom stereocenters. The molecule has 126 valence electrons. The van der Waals surface area contributed by atoms with Crippen molar-refractivity contribution in [1.82, 2.24) is 15.1 Å². The van der Waals surface area contributed by atoms with Gasteiger partial charge in [0.2, 0.25) is 5.91 Å². The number of likely N-dealkylation sites (tertiary alicyclic amines) is 1. The van der Waals surface area contributed by atoms with E-state index in [1.54, 1.807) is 4.90 Å². The van der Waals surface area contributed by atoms with Gasteiger partial charge in [0.1, 0.15) is 6.61 Å². The molecule has 1 saturated heterocycles. The lowest BCUT2D eigenvalue weighted by molar-refractivity contribution is -0.122. The summed E-state index contributed by atoms with van der Waals surface area (Å²) < 4.78 is 5.33. The molecule has 23 heavy (non-hydrogen) atoms. The maximum absolute atomic E-state index is 12.1. The van der Waals surface area contributed by atoms with Gasteiger partial charge in [0.25, 0.3) is 0 Å². The van der Waals surface area contributed by atoms with E-state index in [9.17, 15) is 9.59 Å². The first-order chi connectivity index (χ1) is 11.0. The van der Waals surface area contributed by atoms with Crippen LogP contribution in [0, 0.1) is 0 Å². The number of hydrogen-bond acceptors (Lipinski definition) is 4. The highest BCUT2D eigenvalue weighted by Gasteiger charge is 2.24. The molecule has 0 spiro atoms. The number of nitrogens with one attached hydrogen (secondary N) is 1. The van der Waals surface area contributed by atoms with Crippen molar-refractivity contribution in [3.63, 3.8) is 0 Å². The lowest BCUT2D eigenvalue weighted by atomic mass is 10.1. The van der Waals surface area contributed by atoms with Crippen molar-refractivity contribution in [2.75, 3.05) is 33.7 Å². The van der Waals surface area contributed by atoms with E-state index in [0.717, 1.165) is 18.4 Å². The molecule has 1 fully saturated rings. The molecule has 1 aromatic carbocycles. The van der Waals surface area contributed by atoms with E-state index in [4.69, 9.17) is 4.74 Å². The second kappa shape index (κ2) is 8.53.